The number of halogens is 2. The Morgan fingerprint density at radius 2 is 1.96 bits per heavy atom. The molecule has 1 heterocycles. The molecule has 26 heavy (non-hydrogen) atoms. The molecular weight excluding hydrogens is 379 g/mol. The van der Waals surface area contributed by atoms with Crippen molar-refractivity contribution in [3.63, 3.8) is 0 Å². The van der Waals surface area contributed by atoms with E-state index in [1.54, 1.807) is 25.1 Å². The van der Waals surface area contributed by atoms with Gasteiger partial charge in [-0.05, 0) is 42.8 Å². The van der Waals surface area contributed by atoms with E-state index in [0.717, 1.165) is 11.3 Å². The van der Waals surface area contributed by atoms with Gasteiger partial charge in [-0.25, -0.2) is 9.18 Å². The summed E-state index contributed by atoms with van der Waals surface area (Å²) in [6, 6.07) is 9.27. The molecule has 2 aromatic carbocycles. The summed E-state index contributed by atoms with van der Waals surface area (Å²) in [7, 11) is 0. The minimum Gasteiger partial charge on any atom is -0.480 e. The van der Waals surface area contributed by atoms with Gasteiger partial charge in [0, 0.05) is 5.56 Å². The first-order chi connectivity index (χ1) is 12.4. The van der Waals surface area contributed by atoms with Gasteiger partial charge >= 0.3 is 5.97 Å². The normalized spacial score (nSPS) is 13.1. The molecule has 1 N–H and O–H groups in total. The lowest BCUT2D eigenvalue weighted by atomic mass is 10.2. The molecule has 8 heteroatoms. The lowest BCUT2D eigenvalue weighted by molar-refractivity contribution is -0.140. The zero-order valence-corrected chi connectivity index (χ0v) is 15.2. The van der Waals surface area contributed by atoms with Crippen molar-refractivity contribution in [2.45, 2.75) is 19.4 Å². The number of hydrogen-bond acceptors (Lipinski definition) is 3. The predicted octanol–water partition coefficient (Wildman–Crippen LogP) is 4.27. The maximum absolute atomic E-state index is 13.0. The van der Waals surface area contributed by atoms with Crippen molar-refractivity contribution < 1.29 is 19.1 Å². The molecule has 0 aliphatic rings. The van der Waals surface area contributed by atoms with Crippen molar-refractivity contribution in [2.24, 2.45) is 4.99 Å². The molecule has 1 aromatic heterocycles. The molecule has 0 radical (unpaired) electrons. The van der Waals surface area contributed by atoms with E-state index in [2.05, 4.69) is 4.99 Å². The molecule has 0 saturated carbocycles. The number of hydrogen-bond donors (Lipinski definition) is 1. The number of aromatic nitrogens is 1. The Kier molecular flexibility index (Phi) is 5.20. The van der Waals surface area contributed by atoms with E-state index in [0.29, 0.717) is 21.7 Å². The van der Waals surface area contributed by atoms with E-state index < -0.39 is 23.7 Å². The second-order valence-electron chi connectivity index (χ2n) is 5.53. The summed E-state index contributed by atoms with van der Waals surface area (Å²) in [5, 5.41) is 10.0. The van der Waals surface area contributed by atoms with Crippen molar-refractivity contribution in [2.75, 3.05) is 0 Å². The summed E-state index contributed by atoms with van der Waals surface area (Å²) >= 11 is 7.37. The van der Waals surface area contributed by atoms with Crippen molar-refractivity contribution >= 4 is 45.0 Å². The third-order valence-electron chi connectivity index (χ3n) is 3.88. The van der Waals surface area contributed by atoms with Crippen molar-refractivity contribution in [3.8, 4) is 0 Å². The summed E-state index contributed by atoms with van der Waals surface area (Å²) in [5.74, 6) is -2.06. The topological polar surface area (TPSA) is 71.7 Å². The van der Waals surface area contributed by atoms with Gasteiger partial charge in [0.2, 0.25) is 0 Å². The molecule has 1 unspecified atom stereocenters. The first-order valence-corrected chi connectivity index (χ1v) is 8.98. The number of carboxylic acids is 1. The van der Waals surface area contributed by atoms with Gasteiger partial charge in [0.1, 0.15) is 11.9 Å². The van der Waals surface area contributed by atoms with Gasteiger partial charge in [0.15, 0.2) is 4.80 Å². The van der Waals surface area contributed by atoms with Crippen LogP contribution in [0.15, 0.2) is 47.5 Å². The number of aliphatic carboxylic acids is 1. The number of thiazole rings is 1. The van der Waals surface area contributed by atoms with Crippen LogP contribution in [0.25, 0.3) is 10.2 Å². The fourth-order valence-corrected chi connectivity index (χ4v) is 3.98. The third kappa shape index (κ3) is 3.40. The number of benzene rings is 2. The molecule has 0 bridgehead atoms. The summed E-state index contributed by atoms with van der Waals surface area (Å²) in [6.07, 6.45) is 0.311. The molecule has 0 fully saturated rings. The Hall–Kier alpha value is -2.51. The largest absolute Gasteiger partial charge is 0.480 e. The van der Waals surface area contributed by atoms with Crippen LogP contribution in [-0.2, 0) is 4.79 Å². The predicted molar refractivity (Wildman–Crippen MR) is 98.1 cm³/mol. The summed E-state index contributed by atoms with van der Waals surface area (Å²) < 4.78 is 15.2. The zero-order valence-electron chi connectivity index (χ0n) is 13.6. The van der Waals surface area contributed by atoms with Crippen LogP contribution in [0.1, 0.15) is 29.7 Å². The highest BCUT2D eigenvalue weighted by Gasteiger charge is 2.22. The maximum atomic E-state index is 13.0. The van der Waals surface area contributed by atoms with Crippen LogP contribution in [0.5, 0.6) is 0 Å². The number of carbonyl (C=O) groups is 2. The Labute approximate surface area is 157 Å². The molecule has 0 aliphatic heterocycles. The minimum absolute atomic E-state index is 0.213. The average Bonchev–Trinajstić information content (AvgIpc) is 2.95. The van der Waals surface area contributed by atoms with Gasteiger partial charge < -0.3 is 9.67 Å². The van der Waals surface area contributed by atoms with Gasteiger partial charge in [0.25, 0.3) is 5.91 Å². The van der Waals surface area contributed by atoms with Crippen LogP contribution >= 0.6 is 22.9 Å². The Morgan fingerprint density at radius 1 is 1.27 bits per heavy atom. The van der Waals surface area contributed by atoms with Crippen LogP contribution < -0.4 is 4.80 Å². The first-order valence-electron chi connectivity index (χ1n) is 7.79. The van der Waals surface area contributed by atoms with Gasteiger partial charge in [0.05, 0.1) is 15.2 Å². The minimum atomic E-state index is -1.03. The van der Waals surface area contributed by atoms with Crippen LogP contribution in [0, 0.1) is 5.82 Å². The molecule has 3 rings (SSSR count). The zero-order chi connectivity index (χ0) is 18.8. The summed E-state index contributed by atoms with van der Waals surface area (Å²) in [4.78, 5) is 28.4. The molecule has 3 aromatic rings. The fraction of sp³-hybridized carbons (Fsp3) is 0.167. The van der Waals surface area contributed by atoms with Crippen molar-refractivity contribution in [1.29, 1.82) is 0 Å². The molecule has 0 aliphatic carbocycles. The van der Waals surface area contributed by atoms with E-state index >= 15 is 0 Å². The number of carboxylic acid groups (broad SMARTS) is 1. The van der Waals surface area contributed by atoms with E-state index in [9.17, 15) is 19.1 Å². The van der Waals surface area contributed by atoms with Gasteiger partial charge in [-0.3, -0.25) is 4.79 Å². The quantitative estimate of drug-likeness (QED) is 0.720. The van der Waals surface area contributed by atoms with E-state index in [1.165, 1.54) is 28.8 Å². The molecule has 134 valence electrons. The summed E-state index contributed by atoms with van der Waals surface area (Å²) in [5.41, 5.74) is 0.812. The Morgan fingerprint density at radius 3 is 2.58 bits per heavy atom. The second-order valence-corrected chi connectivity index (χ2v) is 6.91. The SMILES string of the molecule is CCC(C(=O)O)n1c(=NC(=O)c2ccc(F)cc2)sc2c(Cl)cccc21. The van der Waals surface area contributed by atoms with E-state index in [-0.39, 0.29) is 10.4 Å². The molecule has 5 nitrogen and oxygen atoms in total. The summed E-state index contributed by atoms with van der Waals surface area (Å²) in [6.45, 7) is 1.74. The lowest BCUT2D eigenvalue weighted by Crippen LogP contribution is -2.27. The Bertz CT molecular complexity index is 1060. The van der Waals surface area contributed by atoms with Gasteiger partial charge in [-0.15, -0.1) is 0 Å². The van der Waals surface area contributed by atoms with Crippen LogP contribution in [0.3, 0.4) is 0 Å². The van der Waals surface area contributed by atoms with Crippen molar-refractivity contribution in [3.05, 3.63) is 63.7 Å². The molecule has 0 spiro atoms. The Balaban J connectivity index is 2.24. The number of fused-ring (bicyclic) bond motifs is 1. The van der Waals surface area contributed by atoms with Gasteiger partial charge in [-0.1, -0.05) is 35.9 Å². The molecule has 0 saturated heterocycles. The number of carbonyl (C=O) groups excluding carboxylic acids is 1. The standard InChI is InChI=1S/C18H14ClFN2O3S/c1-2-13(17(24)25)22-14-5-3-4-12(19)15(14)26-18(22)21-16(23)10-6-8-11(20)9-7-10/h3-9,13H,2H2,1H3,(H,24,25). The highest BCUT2D eigenvalue weighted by Crippen LogP contribution is 2.28. The first kappa shape index (κ1) is 18.3. The highest BCUT2D eigenvalue weighted by molar-refractivity contribution is 7.17. The van der Waals surface area contributed by atoms with Gasteiger partial charge in [-0.2, -0.15) is 4.99 Å². The number of rotatable bonds is 4. The van der Waals surface area contributed by atoms with Crippen molar-refractivity contribution in [1.82, 2.24) is 4.57 Å². The molecule has 1 amide bonds. The number of nitrogens with zero attached hydrogens (tertiary/aromatic N) is 2. The second kappa shape index (κ2) is 7.39. The number of amides is 1. The lowest BCUT2D eigenvalue weighted by Gasteiger charge is -2.13. The molecule has 1 atom stereocenters. The van der Waals surface area contributed by atoms with Crippen LogP contribution in [-0.4, -0.2) is 21.6 Å². The molecular formula is C18H14ClFN2O3S. The maximum Gasteiger partial charge on any atom is 0.326 e. The van der Waals surface area contributed by atoms with E-state index in [4.69, 9.17) is 11.6 Å². The van der Waals surface area contributed by atoms with E-state index in [1.807, 2.05) is 0 Å². The third-order valence-corrected chi connectivity index (χ3v) is 5.41. The highest BCUT2D eigenvalue weighted by atomic mass is 35.5. The monoisotopic (exact) mass is 392 g/mol. The van der Waals surface area contributed by atoms with Crippen LogP contribution in [0.4, 0.5) is 4.39 Å². The van der Waals surface area contributed by atoms with Crippen LogP contribution in [0.2, 0.25) is 5.02 Å². The fourth-order valence-electron chi connectivity index (χ4n) is 2.62. The smallest absolute Gasteiger partial charge is 0.326 e. The average molecular weight is 393 g/mol.